The van der Waals surface area contributed by atoms with Crippen LogP contribution in [0.25, 0.3) is 0 Å². The Labute approximate surface area is 140 Å². The number of hydrogen-bond donors (Lipinski definition) is 2. The molecule has 0 aliphatic heterocycles. The van der Waals surface area contributed by atoms with E-state index in [1.165, 1.54) is 0 Å². The molecule has 2 aliphatic rings. The monoisotopic (exact) mass is 341 g/mol. The van der Waals surface area contributed by atoms with E-state index in [0.29, 0.717) is 12.3 Å². The fraction of sp³-hybridized carbons (Fsp3) is 0.882. The van der Waals surface area contributed by atoms with Crippen molar-refractivity contribution >= 4 is 20.2 Å². The topological polar surface area (TPSA) is 75.6 Å². The lowest BCUT2D eigenvalue weighted by molar-refractivity contribution is -0.122. The average molecular weight is 342 g/mol. The molecule has 0 bridgehead atoms. The Kier molecular flexibility index (Phi) is 5.26. The first kappa shape index (κ1) is 18.5. The predicted octanol–water partition coefficient (Wildman–Crippen LogP) is 3.79. The van der Waals surface area contributed by atoms with Crippen molar-refractivity contribution in [3.05, 3.63) is 0 Å². The number of nitrogens with one attached hydrogen (secondary N) is 1. The minimum absolute atomic E-state index is 0.0329. The van der Waals surface area contributed by atoms with Crippen molar-refractivity contribution < 1.29 is 19.1 Å². The summed E-state index contributed by atoms with van der Waals surface area (Å²) in [7, 11) is -2.07. The van der Waals surface area contributed by atoms with Crippen LogP contribution in [-0.2, 0) is 9.22 Å². The molecule has 0 unspecified atom stereocenters. The van der Waals surface area contributed by atoms with Crippen molar-refractivity contribution in [2.45, 2.75) is 83.2 Å². The summed E-state index contributed by atoms with van der Waals surface area (Å²) in [6.07, 6.45) is 2.98. The molecule has 6 heteroatoms. The highest BCUT2D eigenvalue weighted by molar-refractivity contribution is 6.74. The molecule has 2 rings (SSSR count). The largest absolute Gasteiger partial charge is 0.465 e. The normalized spacial score (nSPS) is 21.6. The van der Waals surface area contributed by atoms with Crippen molar-refractivity contribution in [3.63, 3.8) is 0 Å². The fourth-order valence-corrected chi connectivity index (χ4v) is 4.02. The smallest absolute Gasteiger partial charge is 0.404 e. The molecule has 2 N–H and O–H groups in total. The summed E-state index contributed by atoms with van der Waals surface area (Å²) in [6, 6.07) is -0.260. The van der Waals surface area contributed by atoms with E-state index < -0.39 is 14.4 Å². The Hall–Kier alpha value is -0.883. The summed E-state index contributed by atoms with van der Waals surface area (Å²) in [5.41, 5.74) is 0. The van der Waals surface area contributed by atoms with Crippen molar-refractivity contribution in [2.24, 2.45) is 11.8 Å². The van der Waals surface area contributed by atoms with Crippen LogP contribution in [0.15, 0.2) is 0 Å². The van der Waals surface area contributed by atoms with E-state index in [2.05, 4.69) is 39.2 Å². The van der Waals surface area contributed by atoms with E-state index in [1.54, 1.807) is 0 Å². The van der Waals surface area contributed by atoms with Gasteiger partial charge in [0.2, 0.25) is 0 Å². The molecule has 2 saturated carbocycles. The molecule has 0 radical (unpaired) electrons. The van der Waals surface area contributed by atoms with Gasteiger partial charge in [-0.05, 0) is 49.7 Å². The van der Waals surface area contributed by atoms with Crippen LogP contribution in [0.2, 0.25) is 18.1 Å². The first-order valence-corrected chi connectivity index (χ1v) is 11.6. The molecular weight excluding hydrogens is 310 g/mol. The Morgan fingerprint density at radius 2 is 1.78 bits per heavy atom. The first-order valence-electron chi connectivity index (χ1n) is 8.71. The molecule has 5 nitrogen and oxygen atoms in total. The third kappa shape index (κ3) is 5.04. The van der Waals surface area contributed by atoms with Gasteiger partial charge in [-0.2, -0.15) is 0 Å². The van der Waals surface area contributed by atoms with Gasteiger partial charge in [-0.25, -0.2) is 4.79 Å². The number of rotatable bonds is 8. The second-order valence-corrected chi connectivity index (χ2v) is 13.4. The zero-order valence-corrected chi connectivity index (χ0v) is 16.0. The maximum Gasteiger partial charge on any atom is 0.404 e. The van der Waals surface area contributed by atoms with Crippen LogP contribution < -0.4 is 5.32 Å². The summed E-state index contributed by atoms with van der Waals surface area (Å²) in [5.74, 6) is 0.740. The number of carboxylic acid groups (broad SMARTS) is 1. The molecule has 1 amide bonds. The lowest BCUT2D eigenvalue weighted by atomic mass is 9.99. The zero-order chi connectivity index (χ0) is 17.4. The summed E-state index contributed by atoms with van der Waals surface area (Å²) in [5, 5.41) is 11.9. The third-order valence-corrected chi connectivity index (χ3v) is 10.0. The number of ketones is 1. The second kappa shape index (κ2) is 6.55. The second-order valence-electron chi connectivity index (χ2n) is 8.67. The van der Waals surface area contributed by atoms with Gasteiger partial charge in [0, 0.05) is 12.3 Å². The lowest BCUT2D eigenvalue weighted by Gasteiger charge is -2.41. The standard InChI is InChI=1S/C17H31NO4Si/c1-17(2,3)23(4,5)22-14(10-13(19)11-6-7-11)15(12-8-9-12)18-16(20)21/h11-12,14-15,18H,6-10H2,1-5H3,(H,20,21)/t14-,15+/m1/s1. The van der Waals surface area contributed by atoms with Gasteiger partial charge < -0.3 is 14.8 Å². The van der Waals surface area contributed by atoms with E-state index in [4.69, 9.17) is 4.43 Å². The van der Waals surface area contributed by atoms with Crippen molar-refractivity contribution in [1.29, 1.82) is 0 Å². The van der Waals surface area contributed by atoms with Crippen LogP contribution in [0, 0.1) is 11.8 Å². The number of hydrogen-bond acceptors (Lipinski definition) is 3. The van der Waals surface area contributed by atoms with E-state index in [0.717, 1.165) is 25.7 Å². The Balaban J connectivity index is 2.15. The molecule has 2 fully saturated rings. The van der Waals surface area contributed by atoms with Gasteiger partial charge in [0.25, 0.3) is 0 Å². The minimum Gasteiger partial charge on any atom is -0.465 e. The Morgan fingerprint density at radius 3 is 2.17 bits per heavy atom. The third-order valence-electron chi connectivity index (χ3n) is 5.51. The van der Waals surface area contributed by atoms with Crippen LogP contribution in [0.5, 0.6) is 0 Å². The summed E-state index contributed by atoms with van der Waals surface area (Å²) in [6.45, 7) is 10.8. The van der Waals surface area contributed by atoms with Gasteiger partial charge in [-0.1, -0.05) is 20.8 Å². The van der Waals surface area contributed by atoms with Gasteiger partial charge in [0.1, 0.15) is 5.78 Å². The lowest BCUT2D eigenvalue weighted by Crippen LogP contribution is -2.53. The number of carbonyl (C=O) groups excluding carboxylic acids is 1. The average Bonchev–Trinajstić information content (AvgIpc) is 3.26. The Morgan fingerprint density at radius 1 is 1.22 bits per heavy atom. The fourth-order valence-electron chi connectivity index (χ4n) is 2.68. The molecule has 132 valence electrons. The van der Waals surface area contributed by atoms with E-state index >= 15 is 0 Å². The van der Waals surface area contributed by atoms with Crippen LogP contribution in [0.1, 0.15) is 52.9 Å². The van der Waals surface area contributed by atoms with Crippen LogP contribution >= 0.6 is 0 Å². The van der Waals surface area contributed by atoms with Gasteiger partial charge in [0.05, 0.1) is 12.1 Å². The summed E-state index contributed by atoms with van der Waals surface area (Å²) >= 11 is 0. The summed E-state index contributed by atoms with van der Waals surface area (Å²) < 4.78 is 6.51. The van der Waals surface area contributed by atoms with Crippen LogP contribution in [-0.4, -0.2) is 37.4 Å². The van der Waals surface area contributed by atoms with Gasteiger partial charge in [0.15, 0.2) is 8.32 Å². The maximum absolute atomic E-state index is 12.3. The molecule has 0 heterocycles. The minimum atomic E-state index is -2.07. The SMILES string of the molecule is CC(C)(C)[Si](C)(C)O[C@H](CC(=O)C1CC1)[C@@H](NC(=O)O)C1CC1. The van der Waals surface area contributed by atoms with Crippen LogP contribution in [0.3, 0.4) is 0 Å². The number of Topliss-reactive ketones (excluding diaryl/α,β-unsaturated/α-hetero) is 1. The quantitative estimate of drug-likeness (QED) is 0.659. The van der Waals surface area contributed by atoms with E-state index in [-0.39, 0.29) is 28.9 Å². The first-order chi connectivity index (χ1) is 10.5. The molecule has 0 aromatic rings. The number of carbonyl (C=O) groups is 2. The van der Waals surface area contributed by atoms with Crippen molar-refractivity contribution in [3.8, 4) is 0 Å². The molecule has 0 aromatic heterocycles. The van der Waals surface area contributed by atoms with Gasteiger partial charge in [-0.3, -0.25) is 4.79 Å². The highest BCUT2D eigenvalue weighted by atomic mass is 28.4. The molecule has 0 saturated heterocycles. The highest BCUT2D eigenvalue weighted by Crippen LogP contribution is 2.42. The van der Waals surface area contributed by atoms with E-state index in [9.17, 15) is 14.7 Å². The predicted molar refractivity (Wildman–Crippen MR) is 92.1 cm³/mol. The molecule has 0 aromatic carbocycles. The molecule has 2 aliphatic carbocycles. The van der Waals surface area contributed by atoms with Crippen molar-refractivity contribution in [2.75, 3.05) is 0 Å². The van der Waals surface area contributed by atoms with Gasteiger partial charge in [-0.15, -0.1) is 0 Å². The molecule has 2 atom stereocenters. The Bertz CT molecular complexity index is 464. The van der Waals surface area contributed by atoms with E-state index in [1.807, 2.05) is 0 Å². The molecular formula is C17H31NO4Si. The van der Waals surface area contributed by atoms with Crippen molar-refractivity contribution in [1.82, 2.24) is 5.32 Å². The maximum atomic E-state index is 12.3. The molecule has 0 spiro atoms. The zero-order valence-electron chi connectivity index (χ0n) is 15.0. The summed E-state index contributed by atoms with van der Waals surface area (Å²) in [4.78, 5) is 23.5. The number of amides is 1. The molecule has 23 heavy (non-hydrogen) atoms. The van der Waals surface area contributed by atoms with Gasteiger partial charge >= 0.3 is 6.09 Å². The highest BCUT2D eigenvalue weighted by Gasteiger charge is 2.46. The van der Waals surface area contributed by atoms with Crippen LogP contribution in [0.4, 0.5) is 4.79 Å².